The van der Waals surface area contributed by atoms with Crippen LogP contribution in [0.2, 0.25) is 0 Å². The van der Waals surface area contributed by atoms with Crippen LogP contribution in [0.15, 0.2) is 40.9 Å². The van der Waals surface area contributed by atoms with E-state index in [1.54, 1.807) is 0 Å². The molecule has 0 aliphatic carbocycles. The summed E-state index contributed by atoms with van der Waals surface area (Å²) in [5, 5.41) is 2.96. The fourth-order valence-electron chi connectivity index (χ4n) is 1.59. The highest BCUT2D eigenvalue weighted by Gasteiger charge is 2.20. The first kappa shape index (κ1) is 11.3. The van der Waals surface area contributed by atoms with Gasteiger partial charge in [-0.2, -0.15) is 0 Å². The van der Waals surface area contributed by atoms with Gasteiger partial charge in [-0.25, -0.2) is 4.79 Å². The summed E-state index contributed by atoms with van der Waals surface area (Å²) >= 11 is 0. The minimum Gasteiger partial charge on any atom is -0.465 e. The number of methoxy groups -OCH3 is 1. The Kier molecular flexibility index (Phi) is 3.20. The monoisotopic (exact) mass is 231 g/mol. The summed E-state index contributed by atoms with van der Waals surface area (Å²) in [7, 11) is 1.33. The Morgan fingerprint density at radius 1 is 1.41 bits per heavy atom. The van der Waals surface area contributed by atoms with Crippen LogP contribution in [0.3, 0.4) is 0 Å². The van der Waals surface area contributed by atoms with Gasteiger partial charge in [-0.3, -0.25) is 10.7 Å². The van der Waals surface area contributed by atoms with Crippen molar-refractivity contribution >= 4 is 17.9 Å². The molecule has 5 heteroatoms. The zero-order chi connectivity index (χ0) is 12.3. The van der Waals surface area contributed by atoms with Gasteiger partial charge in [0.15, 0.2) is 6.29 Å². The van der Waals surface area contributed by atoms with Crippen LogP contribution in [-0.2, 0) is 9.53 Å². The SMILES string of the molecule is COC(=O)C1=C(c2ccccc2)N[C@@H](N)N=C1. The fourth-order valence-corrected chi connectivity index (χ4v) is 1.59. The molecular weight excluding hydrogens is 218 g/mol. The third-order valence-corrected chi connectivity index (χ3v) is 2.39. The van der Waals surface area contributed by atoms with Crippen molar-refractivity contribution in [3.63, 3.8) is 0 Å². The number of ether oxygens (including phenoxy) is 1. The molecule has 1 aromatic carbocycles. The Hall–Kier alpha value is -2.14. The van der Waals surface area contributed by atoms with Gasteiger partial charge >= 0.3 is 5.97 Å². The highest BCUT2D eigenvalue weighted by atomic mass is 16.5. The van der Waals surface area contributed by atoms with Crippen molar-refractivity contribution in [3.8, 4) is 0 Å². The van der Waals surface area contributed by atoms with Gasteiger partial charge in [-0.05, 0) is 5.56 Å². The van der Waals surface area contributed by atoms with Gasteiger partial charge in [0.1, 0.15) is 5.57 Å². The fraction of sp³-hybridized carbons (Fsp3) is 0.167. The molecule has 0 bridgehead atoms. The van der Waals surface area contributed by atoms with E-state index in [-0.39, 0.29) is 0 Å². The molecule has 1 heterocycles. The number of benzene rings is 1. The van der Waals surface area contributed by atoms with E-state index in [1.165, 1.54) is 13.3 Å². The smallest absolute Gasteiger partial charge is 0.341 e. The van der Waals surface area contributed by atoms with Gasteiger partial charge in [0.2, 0.25) is 0 Å². The first-order valence-electron chi connectivity index (χ1n) is 5.15. The van der Waals surface area contributed by atoms with Crippen molar-refractivity contribution in [2.45, 2.75) is 6.29 Å². The Balaban J connectivity index is 2.47. The molecule has 1 aliphatic rings. The normalized spacial score (nSPS) is 18.8. The predicted octanol–water partition coefficient (Wildman–Crippen LogP) is 0.487. The highest BCUT2D eigenvalue weighted by molar-refractivity contribution is 6.16. The molecule has 2 rings (SSSR count). The predicted molar refractivity (Wildman–Crippen MR) is 65.0 cm³/mol. The van der Waals surface area contributed by atoms with Crippen LogP contribution >= 0.6 is 0 Å². The lowest BCUT2D eigenvalue weighted by Crippen LogP contribution is -2.38. The molecule has 88 valence electrons. The molecule has 1 aromatic rings. The molecule has 17 heavy (non-hydrogen) atoms. The van der Waals surface area contributed by atoms with E-state index in [4.69, 9.17) is 10.5 Å². The lowest BCUT2D eigenvalue weighted by atomic mass is 10.1. The molecular formula is C12H13N3O2. The summed E-state index contributed by atoms with van der Waals surface area (Å²) in [6.45, 7) is 0. The number of carbonyl (C=O) groups is 1. The first-order chi connectivity index (χ1) is 8.22. The lowest BCUT2D eigenvalue weighted by molar-refractivity contribution is -0.135. The number of rotatable bonds is 2. The maximum Gasteiger partial charge on any atom is 0.341 e. The zero-order valence-corrected chi connectivity index (χ0v) is 9.38. The van der Waals surface area contributed by atoms with E-state index in [1.807, 2.05) is 30.3 Å². The van der Waals surface area contributed by atoms with Gasteiger partial charge in [0.25, 0.3) is 0 Å². The van der Waals surface area contributed by atoms with Gasteiger partial charge in [0, 0.05) is 6.21 Å². The van der Waals surface area contributed by atoms with Crippen molar-refractivity contribution in [2.75, 3.05) is 7.11 Å². The van der Waals surface area contributed by atoms with Gasteiger partial charge in [0.05, 0.1) is 12.8 Å². The third-order valence-electron chi connectivity index (χ3n) is 2.39. The summed E-state index contributed by atoms with van der Waals surface area (Å²) in [6.07, 6.45) is 0.897. The first-order valence-corrected chi connectivity index (χ1v) is 5.15. The molecule has 0 fully saturated rings. The summed E-state index contributed by atoms with van der Waals surface area (Å²) < 4.78 is 4.71. The molecule has 0 spiro atoms. The Bertz CT molecular complexity index is 480. The van der Waals surface area contributed by atoms with Gasteiger partial charge in [-0.15, -0.1) is 0 Å². The van der Waals surface area contributed by atoms with Crippen LogP contribution in [0.1, 0.15) is 5.56 Å². The quantitative estimate of drug-likeness (QED) is 0.726. The number of aliphatic imine (C=N–C) groups is 1. The third kappa shape index (κ3) is 2.34. The molecule has 0 saturated carbocycles. The van der Waals surface area contributed by atoms with Crippen molar-refractivity contribution in [1.82, 2.24) is 5.32 Å². The van der Waals surface area contributed by atoms with Crippen LogP contribution in [0.25, 0.3) is 5.70 Å². The average Bonchev–Trinajstić information content (AvgIpc) is 2.39. The molecule has 3 N–H and O–H groups in total. The number of nitrogens with two attached hydrogens (primary N) is 1. The van der Waals surface area contributed by atoms with Crippen LogP contribution in [0.4, 0.5) is 0 Å². The van der Waals surface area contributed by atoms with E-state index in [0.29, 0.717) is 11.3 Å². The summed E-state index contributed by atoms with van der Waals surface area (Å²) in [4.78, 5) is 15.5. The molecule has 0 aromatic heterocycles. The maximum absolute atomic E-state index is 11.6. The number of hydrogen-bond donors (Lipinski definition) is 2. The van der Waals surface area contributed by atoms with Crippen molar-refractivity contribution < 1.29 is 9.53 Å². The van der Waals surface area contributed by atoms with E-state index < -0.39 is 12.3 Å². The lowest BCUT2D eigenvalue weighted by Gasteiger charge is -2.21. The van der Waals surface area contributed by atoms with Crippen LogP contribution in [0.5, 0.6) is 0 Å². The molecule has 5 nitrogen and oxygen atoms in total. The molecule has 0 radical (unpaired) electrons. The molecule has 1 atom stereocenters. The number of carbonyl (C=O) groups excluding carboxylic acids is 1. The Morgan fingerprint density at radius 2 is 2.12 bits per heavy atom. The molecule has 0 unspecified atom stereocenters. The standard InChI is InChI=1S/C12H13N3O2/c1-17-11(16)9-7-14-12(13)15-10(9)8-5-3-2-4-6-8/h2-7,12,15H,13H2,1H3/t12-/m0/s1. The van der Waals surface area contributed by atoms with Gasteiger partial charge in [-0.1, -0.05) is 30.3 Å². The van der Waals surface area contributed by atoms with Gasteiger partial charge < -0.3 is 10.1 Å². The van der Waals surface area contributed by atoms with Crippen LogP contribution < -0.4 is 11.1 Å². The van der Waals surface area contributed by atoms with Crippen LogP contribution in [0, 0.1) is 0 Å². The number of hydrogen-bond acceptors (Lipinski definition) is 5. The Labute approximate surface area is 99.0 Å². The number of nitrogens with zero attached hydrogens (tertiary/aromatic N) is 1. The second-order valence-corrected chi connectivity index (χ2v) is 3.51. The molecule has 1 aliphatic heterocycles. The largest absolute Gasteiger partial charge is 0.465 e. The van der Waals surface area contributed by atoms with Crippen molar-refractivity contribution in [2.24, 2.45) is 10.7 Å². The minimum absolute atomic E-state index is 0.375. The number of esters is 1. The highest BCUT2D eigenvalue weighted by Crippen LogP contribution is 2.18. The zero-order valence-electron chi connectivity index (χ0n) is 9.38. The van der Waals surface area contributed by atoms with E-state index in [9.17, 15) is 4.79 Å². The van der Waals surface area contributed by atoms with Crippen LogP contribution in [-0.4, -0.2) is 25.6 Å². The topological polar surface area (TPSA) is 76.7 Å². The molecule has 0 saturated heterocycles. The number of nitrogens with one attached hydrogen (secondary N) is 1. The minimum atomic E-state index is -0.543. The second-order valence-electron chi connectivity index (χ2n) is 3.51. The molecule has 0 amide bonds. The second kappa shape index (κ2) is 4.80. The Morgan fingerprint density at radius 3 is 2.76 bits per heavy atom. The average molecular weight is 231 g/mol. The summed E-state index contributed by atoms with van der Waals surface area (Å²) in [5.74, 6) is -0.438. The van der Waals surface area contributed by atoms with E-state index in [2.05, 4.69) is 10.3 Å². The maximum atomic E-state index is 11.6. The van der Waals surface area contributed by atoms with Crippen molar-refractivity contribution in [3.05, 3.63) is 41.5 Å². The van der Waals surface area contributed by atoms with E-state index >= 15 is 0 Å². The van der Waals surface area contributed by atoms with Crippen molar-refractivity contribution in [1.29, 1.82) is 0 Å². The summed E-state index contributed by atoms with van der Waals surface area (Å²) in [5.41, 5.74) is 7.56. The summed E-state index contributed by atoms with van der Waals surface area (Å²) in [6, 6.07) is 9.44. The van der Waals surface area contributed by atoms with E-state index in [0.717, 1.165) is 5.56 Å².